The number of benzene rings is 1. The van der Waals surface area contributed by atoms with E-state index in [0.29, 0.717) is 44.2 Å². The highest BCUT2D eigenvalue weighted by Crippen LogP contribution is 2.38. The van der Waals surface area contributed by atoms with Crippen LogP contribution in [0.25, 0.3) is 0 Å². The third-order valence-electron chi connectivity index (χ3n) is 9.81. The second kappa shape index (κ2) is 15.6. The molecule has 3 aliphatic heterocycles. The summed E-state index contributed by atoms with van der Waals surface area (Å²) in [5, 5.41) is 59.2. The first kappa shape index (κ1) is 38.9. The minimum atomic E-state index is -1.96. The number of morpholine rings is 1. The summed E-state index contributed by atoms with van der Waals surface area (Å²) in [6.45, 7) is 13.7. The lowest BCUT2D eigenvalue weighted by atomic mass is 9.81. The van der Waals surface area contributed by atoms with Crippen LogP contribution in [0, 0.1) is 13.8 Å². The van der Waals surface area contributed by atoms with Gasteiger partial charge in [0.15, 0.2) is 5.60 Å². The highest BCUT2D eigenvalue weighted by atomic mass is 16.6. The maximum absolute atomic E-state index is 12.9. The highest BCUT2D eigenvalue weighted by Gasteiger charge is 2.55. The van der Waals surface area contributed by atoms with E-state index in [1.165, 1.54) is 19.1 Å². The maximum atomic E-state index is 12.9. The lowest BCUT2D eigenvalue weighted by molar-refractivity contribution is -0.231. The molecule has 4 rings (SSSR count). The molecule has 15 nitrogen and oxygen atoms in total. The summed E-state index contributed by atoms with van der Waals surface area (Å²) in [6, 6.07) is 1.72. The van der Waals surface area contributed by atoms with Gasteiger partial charge in [0.2, 0.25) is 5.91 Å². The second-order valence-electron chi connectivity index (χ2n) is 14.8. The van der Waals surface area contributed by atoms with Crippen molar-refractivity contribution in [2.45, 2.75) is 108 Å². The van der Waals surface area contributed by atoms with Crippen molar-refractivity contribution in [3.63, 3.8) is 0 Å². The van der Waals surface area contributed by atoms with Crippen molar-refractivity contribution in [3.05, 3.63) is 28.8 Å². The number of nitrogens with zero attached hydrogens (tertiary/aromatic N) is 2. The van der Waals surface area contributed by atoms with Crippen molar-refractivity contribution in [2.24, 2.45) is 0 Å². The minimum absolute atomic E-state index is 0.0535. The number of carbonyl (C=O) groups is 3. The number of aliphatic hydroxyl groups excluding tert-OH is 3. The molecular weight excluding hydrogens is 640 g/mol. The fraction of sp³-hybridized carbons (Fsp3) is 0.735. The van der Waals surface area contributed by atoms with Crippen molar-refractivity contribution >= 4 is 17.8 Å². The molecule has 15 heteroatoms. The third kappa shape index (κ3) is 9.27. The van der Waals surface area contributed by atoms with Gasteiger partial charge in [-0.2, -0.15) is 0 Å². The van der Waals surface area contributed by atoms with Gasteiger partial charge in [-0.3, -0.25) is 19.4 Å². The molecule has 0 aliphatic carbocycles. The fourth-order valence-electron chi connectivity index (χ4n) is 7.03. The zero-order chi connectivity index (χ0) is 36.3. The summed E-state index contributed by atoms with van der Waals surface area (Å²) in [7, 11) is 0. The standard InChI is InChI=1S/C34H54N4O11/c1-20-13-23(14-21(2)27(20)42)30(44)35-16-25(41)28(43)29-26(36-22(3)39)24(40)15-34(49-29,31(45)46)8-10-38-11-12-47-18-33(38)7-9-37(17-33)19-48-32(4,5)6/h13-14,24-26,28-29,40-43H,7-12,15-19H2,1-6H3,(H,35,44)(H,36,39)(H,45,46)/t24-,25+,26+,28+,29+,33-,34+/m0/s1. The Bertz CT molecular complexity index is 1330. The van der Waals surface area contributed by atoms with Gasteiger partial charge in [-0.25, -0.2) is 4.79 Å². The van der Waals surface area contributed by atoms with Crippen LogP contribution in [0.5, 0.6) is 5.75 Å². The van der Waals surface area contributed by atoms with Crippen molar-refractivity contribution in [3.8, 4) is 5.75 Å². The number of amides is 2. The van der Waals surface area contributed by atoms with E-state index in [4.69, 9.17) is 14.2 Å². The molecule has 0 bridgehead atoms. The number of nitrogens with one attached hydrogen (secondary N) is 2. The van der Waals surface area contributed by atoms with Gasteiger partial charge in [-0.1, -0.05) is 0 Å². The molecule has 3 aliphatic rings. The molecule has 3 heterocycles. The van der Waals surface area contributed by atoms with Crippen molar-refractivity contribution in [1.29, 1.82) is 0 Å². The Balaban J connectivity index is 1.49. The molecule has 1 aromatic rings. The number of likely N-dealkylation sites (tertiary alicyclic amines) is 1. The number of hydrogen-bond acceptors (Lipinski definition) is 12. The molecular formula is C34H54N4O11. The van der Waals surface area contributed by atoms with Gasteiger partial charge < -0.3 is 50.4 Å². The minimum Gasteiger partial charge on any atom is -0.507 e. The van der Waals surface area contributed by atoms with Crippen molar-refractivity contribution < 1.29 is 54.1 Å². The van der Waals surface area contributed by atoms with Gasteiger partial charge in [0, 0.05) is 58.1 Å². The molecule has 3 saturated heterocycles. The first-order chi connectivity index (χ1) is 22.9. The lowest BCUT2D eigenvalue weighted by Gasteiger charge is -2.49. The van der Waals surface area contributed by atoms with E-state index < -0.39 is 60.4 Å². The zero-order valence-electron chi connectivity index (χ0n) is 29.4. The number of ether oxygens (including phenoxy) is 3. The molecule has 7 N–H and O–H groups in total. The van der Waals surface area contributed by atoms with Crippen LogP contribution in [0.15, 0.2) is 12.1 Å². The summed E-state index contributed by atoms with van der Waals surface area (Å²) in [5.74, 6) is -2.41. The quantitative estimate of drug-likeness (QED) is 0.152. The Morgan fingerprint density at radius 3 is 2.43 bits per heavy atom. The summed E-state index contributed by atoms with van der Waals surface area (Å²) in [4.78, 5) is 42.3. The smallest absolute Gasteiger partial charge is 0.336 e. The molecule has 0 radical (unpaired) electrons. The van der Waals surface area contributed by atoms with E-state index in [-0.39, 0.29) is 41.8 Å². The number of phenolic OH excluding ortho intramolecular Hbond substituents is 1. The van der Waals surface area contributed by atoms with Gasteiger partial charge in [0.1, 0.15) is 18.0 Å². The topological polar surface area (TPSA) is 211 Å². The van der Waals surface area contributed by atoms with Crippen molar-refractivity contribution in [1.82, 2.24) is 20.4 Å². The van der Waals surface area contributed by atoms with Crippen LogP contribution in [-0.2, 0) is 23.8 Å². The number of aliphatic carboxylic acids is 1. The van der Waals surface area contributed by atoms with E-state index in [1.807, 2.05) is 20.8 Å². The second-order valence-corrected chi connectivity index (χ2v) is 14.8. The fourth-order valence-corrected chi connectivity index (χ4v) is 7.03. The molecule has 49 heavy (non-hydrogen) atoms. The number of carbonyl (C=O) groups excluding carboxylic acids is 2. The van der Waals surface area contributed by atoms with Gasteiger partial charge in [-0.15, -0.1) is 0 Å². The van der Waals surface area contributed by atoms with E-state index in [0.717, 1.165) is 13.0 Å². The van der Waals surface area contributed by atoms with Gasteiger partial charge >= 0.3 is 5.97 Å². The molecule has 1 aromatic carbocycles. The Hall–Kier alpha value is -2.89. The highest BCUT2D eigenvalue weighted by molar-refractivity contribution is 5.94. The van der Waals surface area contributed by atoms with E-state index >= 15 is 0 Å². The number of phenols is 1. The monoisotopic (exact) mass is 694 g/mol. The first-order valence-corrected chi connectivity index (χ1v) is 16.9. The molecule has 0 saturated carbocycles. The van der Waals surface area contributed by atoms with Crippen LogP contribution in [-0.4, -0.2) is 153 Å². The molecule has 3 fully saturated rings. The van der Waals surface area contributed by atoms with Crippen LogP contribution in [0.3, 0.4) is 0 Å². The van der Waals surface area contributed by atoms with Crippen LogP contribution < -0.4 is 10.6 Å². The molecule has 276 valence electrons. The predicted molar refractivity (Wildman–Crippen MR) is 177 cm³/mol. The SMILES string of the molecule is CC(=O)N[C@H]1[C@H]([C@H](O)[C@H](O)CNC(=O)c2cc(C)c(O)c(C)c2)O[C@@](CCN2CCOC[C@@]23CCN(COC(C)(C)C)C3)(C(=O)O)C[C@@H]1O. The van der Waals surface area contributed by atoms with Crippen LogP contribution in [0.4, 0.5) is 0 Å². The third-order valence-corrected chi connectivity index (χ3v) is 9.81. The Morgan fingerprint density at radius 1 is 1.14 bits per heavy atom. The van der Waals surface area contributed by atoms with Crippen LogP contribution in [0.2, 0.25) is 0 Å². The number of rotatable bonds is 12. The molecule has 1 spiro atoms. The van der Waals surface area contributed by atoms with E-state index in [2.05, 4.69) is 20.4 Å². The summed E-state index contributed by atoms with van der Waals surface area (Å²) in [6.07, 6.45) is -6.08. The number of carboxylic acids is 1. The Kier molecular flexibility index (Phi) is 12.4. The summed E-state index contributed by atoms with van der Waals surface area (Å²) < 4.78 is 18.0. The predicted octanol–water partition coefficient (Wildman–Crippen LogP) is -0.122. The number of aryl methyl sites for hydroxylation is 2. The lowest BCUT2D eigenvalue weighted by Crippen LogP contribution is -2.68. The van der Waals surface area contributed by atoms with Gasteiger partial charge in [-0.05, 0) is 64.3 Å². The molecule has 2 amide bonds. The average Bonchev–Trinajstić information content (AvgIpc) is 3.43. The molecule has 0 unspecified atom stereocenters. The van der Waals surface area contributed by atoms with E-state index in [1.54, 1.807) is 13.8 Å². The Morgan fingerprint density at radius 2 is 1.82 bits per heavy atom. The summed E-state index contributed by atoms with van der Waals surface area (Å²) >= 11 is 0. The normalized spacial score (nSPS) is 29.4. The zero-order valence-corrected chi connectivity index (χ0v) is 29.4. The van der Waals surface area contributed by atoms with Crippen LogP contribution in [0.1, 0.15) is 68.4 Å². The average molecular weight is 695 g/mol. The number of aromatic hydroxyl groups is 1. The first-order valence-electron chi connectivity index (χ1n) is 16.9. The van der Waals surface area contributed by atoms with Gasteiger partial charge in [0.25, 0.3) is 5.91 Å². The largest absolute Gasteiger partial charge is 0.507 e. The van der Waals surface area contributed by atoms with E-state index in [9.17, 15) is 39.9 Å². The number of carboxylic acid groups (broad SMARTS) is 1. The maximum Gasteiger partial charge on any atom is 0.336 e. The number of hydrogen-bond donors (Lipinski definition) is 7. The van der Waals surface area contributed by atoms with Crippen molar-refractivity contribution in [2.75, 3.05) is 52.7 Å². The Labute approximate surface area is 287 Å². The summed E-state index contributed by atoms with van der Waals surface area (Å²) in [5.41, 5.74) is -1.42. The van der Waals surface area contributed by atoms with Crippen LogP contribution >= 0.6 is 0 Å². The molecule has 7 atom stereocenters. The van der Waals surface area contributed by atoms with Gasteiger partial charge in [0.05, 0.1) is 49.3 Å². The number of aliphatic hydroxyl groups is 3. The molecule has 0 aromatic heterocycles.